The van der Waals surface area contributed by atoms with E-state index in [0.717, 1.165) is 23.4 Å². The Morgan fingerprint density at radius 2 is 2.00 bits per heavy atom. The molecule has 1 aliphatic rings. The van der Waals surface area contributed by atoms with E-state index in [1.54, 1.807) is 7.11 Å². The fourth-order valence-electron chi connectivity index (χ4n) is 3.33. The molecule has 3 rings (SSSR count). The molecule has 1 aliphatic heterocycles. The molecule has 0 radical (unpaired) electrons. The van der Waals surface area contributed by atoms with Crippen molar-refractivity contribution in [3.63, 3.8) is 0 Å². The molecule has 2 N–H and O–H groups in total. The maximum Gasteiger partial charge on any atom is 0.225 e. The van der Waals surface area contributed by atoms with Crippen LogP contribution in [0.2, 0.25) is 5.02 Å². The molecule has 132 valence electrons. The number of hydrogen-bond donors (Lipinski definition) is 2. The van der Waals surface area contributed by atoms with E-state index in [4.69, 9.17) is 16.3 Å². The lowest BCUT2D eigenvalue weighted by Gasteiger charge is -2.22. The van der Waals surface area contributed by atoms with Gasteiger partial charge in [-0.2, -0.15) is 0 Å². The summed E-state index contributed by atoms with van der Waals surface area (Å²) in [6.45, 7) is 3.48. The Hall–Kier alpha value is -2.04. The second-order valence-electron chi connectivity index (χ2n) is 6.43. The van der Waals surface area contributed by atoms with Crippen LogP contribution in [-0.2, 0) is 4.79 Å². The molecule has 0 aromatic heterocycles. The zero-order valence-electron chi connectivity index (χ0n) is 14.5. The number of carbonyl (C=O) groups excluding carboxylic acids is 1. The summed E-state index contributed by atoms with van der Waals surface area (Å²) in [7, 11) is 1.64. The molecule has 1 fully saturated rings. The Balaban J connectivity index is 1.70. The zero-order valence-corrected chi connectivity index (χ0v) is 15.2. The molecule has 4 nitrogen and oxygen atoms in total. The van der Waals surface area contributed by atoms with Crippen molar-refractivity contribution in [1.29, 1.82) is 0 Å². The number of methoxy groups -OCH3 is 1. The van der Waals surface area contributed by atoms with Gasteiger partial charge in [0.05, 0.1) is 19.1 Å². The summed E-state index contributed by atoms with van der Waals surface area (Å²) >= 11 is 5.97. The van der Waals surface area contributed by atoms with Gasteiger partial charge in [0.15, 0.2) is 0 Å². The first-order valence-corrected chi connectivity index (χ1v) is 8.87. The standard InChI is InChI=1S/C20H23ClN2O2/c1-13(15-4-3-5-17(10-15)25-2)23-20(24)19-12-22-11-18(19)14-6-8-16(21)9-7-14/h3-10,13,18-19,22H,11-12H2,1-2H3,(H,23,24)/t13-,18-,19+/m0/s1. The summed E-state index contributed by atoms with van der Waals surface area (Å²) in [5.41, 5.74) is 2.17. The van der Waals surface area contributed by atoms with Gasteiger partial charge >= 0.3 is 0 Å². The highest BCUT2D eigenvalue weighted by Gasteiger charge is 2.34. The van der Waals surface area contributed by atoms with Crippen LogP contribution in [0.5, 0.6) is 5.75 Å². The van der Waals surface area contributed by atoms with E-state index >= 15 is 0 Å². The maximum atomic E-state index is 12.8. The van der Waals surface area contributed by atoms with E-state index in [1.165, 1.54) is 0 Å². The van der Waals surface area contributed by atoms with E-state index in [1.807, 2.05) is 55.5 Å². The molecule has 1 saturated heterocycles. The summed E-state index contributed by atoms with van der Waals surface area (Å²) < 4.78 is 5.26. The average molecular weight is 359 g/mol. The van der Waals surface area contributed by atoms with Crippen LogP contribution in [0.1, 0.15) is 30.0 Å². The molecular formula is C20H23ClN2O2. The minimum Gasteiger partial charge on any atom is -0.497 e. The largest absolute Gasteiger partial charge is 0.497 e. The van der Waals surface area contributed by atoms with Crippen LogP contribution < -0.4 is 15.4 Å². The summed E-state index contributed by atoms with van der Waals surface area (Å²) in [6, 6.07) is 15.5. The lowest BCUT2D eigenvalue weighted by molar-refractivity contribution is -0.125. The fraction of sp³-hybridized carbons (Fsp3) is 0.350. The molecule has 5 heteroatoms. The minimum atomic E-state index is -0.0887. The third-order valence-electron chi connectivity index (χ3n) is 4.80. The highest BCUT2D eigenvalue weighted by molar-refractivity contribution is 6.30. The molecule has 3 atom stereocenters. The van der Waals surface area contributed by atoms with Crippen molar-refractivity contribution >= 4 is 17.5 Å². The topological polar surface area (TPSA) is 50.4 Å². The van der Waals surface area contributed by atoms with Crippen LogP contribution in [0.25, 0.3) is 0 Å². The van der Waals surface area contributed by atoms with E-state index < -0.39 is 0 Å². The Morgan fingerprint density at radius 3 is 2.72 bits per heavy atom. The highest BCUT2D eigenvalue weighted by Crippen LogP contribution is 2.30. The third-order valence-corrected chi connectivity index (χ3v) is 5.05. The lowest BCUT2D eigenvalue weighted by Crippen LogP contribution is -2.36. The number of hydrogen-bond acceptors (Lipinski definition) is 3. The van der Waals surface area contributed by atoms with Gasteiger partial charge in [-0.05, 0) is 42.3 Å². The first-order valence-electron chi connectivity index (χ1n) is 8.49. The first-order chi connectivity index (χ1) is 12.1. The van der Waals surface area contributed by atoms with Crippen molar-refractivity contribution in [3.8, 4) is 5.75 Å². The van der Waals surface area contributed by atoms with Gasteiger partial charge in [-0.3, -0.25) is 4.79 Å². The maximum absolute atomic E-state index is 12.8. The van der Waals surface area contributed by atoms with Crippen LogP contribution in [0, 0.1) is 5.92 Å². The van der Waals surface area contributed by atoms with Gasteiger partial charge in [-0.1, -0.05) is 35.9 Å². The second kappa shape index (κ2) is 7.89. The van der Waals surface area contributed by atoms with Crippen LogP contribution in [0.15, 0.2) is 48.5 Å². The number of benzene rings is 2. The smallest absolute Gasteiger partial charge is 0.225 e. The van der Waals surface area contributed by atoms with E-state index in [-0.39, 0.29) is 23.8 Å². The molecular weight excluding hydrogens is 336 g/mol. The molecule has 0 unspecified atom stereocenters. The molecule has 0 aliphatic carbocycles. The van der Waals surface area contributed by atoms with Gasteiger partial charge in [-0.15, -0.1) is 0 Å². The SMILES string of the molecule is COc1cccc([C@H](C)NC(=O)[C@@H]2CNC[C@H]2c2ccc(Cl)cc2)c1. The lowest BCUT2D eigenvalue weighted by atomic mass is 9.88. The van der Waals surface area contributed by atoms with E-state index in [0.29, 0.717) is 11.6 Å². The monoisotopic (exact) mass is 358 g/mol. The van der Waals surface area contributed by atoms with Crippen molar-refractivity contribution in [2.24, 2.45) is 5.92 Å². The number of carbonyl (C=O) groups is 1. The number of amides is 1. The molecule has 0 spiro atoms. The summed E-state index contributed by atoms with van der Waals surface area (Å²) in [5, 5.41) is 7.18. The van der Waals surface area contributed by atoms with Gasteiger partial charge in [0, 0.05) is 24.0 Å². The van der Waals surface area contributed by atoms with Crippen molar-refractivity contribution in [3.05, 3.63) is 64.7 Å². The Labute approximate surface area is 153 Å². The predicted octanol–water partition coefficient (Wildman–Crippen LogP) is 3.53. The minimum absolute atomic E-state index is 0.0697. The Bertz CT molecular complexity index is 733. The van der Waals surface area contributed by atoms with Gasteiger partial charge in [0.25, 0.3) is 0 Å². The Kier molecular flexibility index (Phi) is 5.61. The normalized spacial score (nSPS) is 20.9. The van der Waals surface area contributed by atoms with Crippen molar-refractivity contribution in [2.75, 3.05) is 20.2 Å². The molecule has 25 heavy (non-hydrogen) atoms. The number of halogens is 1. The third kappa shape index (κ3) is 4.14. The number of nitrogens with one attached hydrogen (secondary N) is 2. The fourth-order valence-corrected chi connectivity index (χ4v) is 3.46. The predicted molar refractivity (Wildman–Crippen MR) is 100 cm³/mol. The van der Waals surface area contributed by atoms with Crippen molar-refractivity contribution in [2.45, 2.75) is 18.9 Å². The number of rotatable bonds is 5. The molecule has 2 aromatic rings. The summed E-state index contributed by atoms with van der Waals surface area (Å²) in [6.07, 6.45) is 0. The average Bonchev–Trinajstić information content (AvgIpc) is 3.12. The van der Waals surface area contributed by atoms with Gasteiger partial charge in [0.2, 0.25) is 5.91 Å². The molecule has 2 aromatic carbocycles. The van der Waals surface area contributed by atoms with Gasteiger partial charge < -0.3 is 15.4 Å². The second-order valence-corrected chi connectivity index (χ2v) is 6.87. The summed E-state index contributed by atoms with van der Waals surface area (Å²) in [5.74, 6) is 0.935. The van der Waals surface area contributed by atoms with Crippen molar-refractivity contribution in [1.82, 2.24) is 10.6 Å². The quantitative estimate of drug-likeness (QED) is 0.859. The van der Waals surface area contributed by atoms with E-state index in [2.05, 4.69) is 10.6 Å². The van der Waals surface area contributed by atoms with Crippen LogP contribution in [0.4, 0.5) is 0 Å². The zero-order chi connectivity index (χ0) is 17.8. The highest BCUT2D eigenvalue weighted by atomic mass is 35.5. The molecule has 0 saturated carbocycles. The molecule has 0 bridgehead atoms. The van der Waals surface area contributed by atoms with Gasteiger partial charge in [0.1, 0.15) is 5.75 Å². The van der Waals surface area contributed by atoms with Gasteiger partial charge in [-0.25, -0.2) is 0 Å². The van der Waals surface area contributed by atoms with Crippen LogP contribution >= 0.6 is 11.6 Å². The molecule has 1 heterocycles. The van der Waals surface area contributed by atoms with Crippen molar-refractivity contribution < 1.29 is 9.53 Å². The van der Waals surface area contributed by atoms with Crippen LogP contribution in [-0.4, -0.2) is 26.1 Å². The van der Waals surface area contributed by atoms with Crippen LogP contribution in [0.3, 0.4) is 0 Å². The number of ether oxygens (including phenoxy) is 1. The molecule has 1 amide bonds. The Morgan fingerprint density at radius 1 is 1.24 bits per heavy atom. The first kappa shape index (κ1) is 17.8. The van der Waals surface area contributed by atoms with E-state index in [9.17, 15) is 4.79 Å². The summed E-state index contributed by atoms with van der Waals surface area (Å²) in [4.78, 5) is 12.8.